The number of rotatable bonds is 7. The van der Waals surface area contributed by atoms with Crippen molar-refractivity contribution in [3.63, 3.8) is 0 Å². The average molecular weight is 338 g/mol. The summed E-state index contributed by atoms with van der Waals surface area (Å²) < 4.78 is 5.71. The molecule has 3 aromatic rings. The van der Waals surface area contributed by atoms with E-state index in [1.54, 1.807) is 0 Å². The van der Waals surface area contributed by atoms with Crippen LogP contribution in [0.2, 0.25) is 0 Å². The zero-order valence-electron chi connectivity index (χ0n) is 13.9. The van der Waals surface area contributed by atoms with Gasteiger partial charge in [0.1, 0.15) is 11.3 Å². The summed E-state index contributed by atoms with van der Waals surface area (Å²) in [6.07, 6.45) is 0.866. The summed E-state index contributed by atoms with van der Waals surface area (Å²) in [5.74, 6) is 0.378. The number of carbonyl (C=O) groups is 1. The Balaban J connectivity index is 1.59. The molecule has 0 aliphatic heterocycles. The molecule has 1 amide bonds. The zero-order chi connectivity index (χ0) is 17.6. The molecule has 1 aromatic heterocycles. The largest absolute Gasteiger partial charge is 0.461 e. The van der Waals surface area contributed by atoms with Crippen molar-refractivity contribution in [3.05, 3.63) is 72.0 Å². The molecule has 0 bridgehead atoms. The zero-order valence-corrected chi connectivity index (χ0v) is 13.9. The molecular formula is C20H22N2O3. The minimum Gasteiger partial charge on any atom is -0.461 e. The van der Waals surface area contributed by atoms with E-state index in [-0.39, 0.29) is 18.6 Å². The molecule has 1 heterocycles. The van der Waals surface area contributed by atoms with Crippen LogP contribution in [0.4, 0.5) is 0 Å². The SMILES string of the molecule is NC(Cc1cc2ccccc2o1)C(=O)N[C@H](CO)Cc1ccccc1. The average Bonchev–Trinajstić information content (AvgIpc) is 3.04. The van der Waals surface area contributed by atoms with Crippen LogP contribution in [-0.4, -0.2) is 29.7 Å². The molecule has 0 saturated carbocycles. The first-order valence-electron chi connectivity index (χ1n) is 8.34. The normalized spacial score (nSPS) is 13.5. The van der Waals surface area contributed by atoms with Gasteiger partial charge in [-0.15, -0.1) is 0 Å². The first-order valence-corrected chi connectivity index (χ1v) is 8.34. The van der Waals surface area contributed by atoms with Crippen LogP contribution in [0.5, 0.6) is 0 Å². The smallest absolute Gasteiger partial charge is 0.237 e. The maximum absolute atomic E-state index is 12.3. The molecule has 0 radical (unpaired) electrons. The maximum atomic E-state index is 12.3. The van der Waals surface area contributed by atoms with Crippen molar-refractivity contribution in [1.82, 2.24) is 5.32 Å². The highest BCUT2D eigenvalue weighted by molar-refractivity contribution is 5.82. The van der Waals surface area contributed by atoms with E-state index in [4.69, 9.17) is 10.2 Å². The minimum absolute atomic E-state index is 0.141. The molecular weight excluding hydrogens is 316 g/mol. The van der Waals surface area contributed by atoms with Gasteiger partial charge in [-0.2, -0.15) is 0 Å². The Morgan fingerprint density at radius 2 is 1.80 bits per heavy atom. The molecule has 0 aliphatic carbocycles. The number of carbonyl (C=O) groups excluding carboxylic acids is 1. The monoisotopic (exact) mass is 338 g/mol. The number of para-hydroxylation sites is 1. The predicted molar refractivity (Wildman–Crippen MR) is 97.1 cm³/mol. The van der Waals surface area contributed by atoms with Crippen LogP contribution >= 0.6 is 0 Å². The van der Waals surface area contributed by atoms with Gasteiger partial charge in [-0.3, -0.25) is 4.79 Å². The van der Waals surface area contributed by atoms with Gasteiger partial charge in [0, 0.05) is 11.8 Å². The second-order valence-electron chi connectivity index (χ2n) is 6.14. The molecule has 5 nitrogen and oxygen atoms in total. The van der Waals surface area contributed by atoms with E-state index in [9.17, 15) is 9.90 Å². The second-order valence-corrected chi connectivity index (χ2v) is 6.14. The lowest BCUT2D eigenvalue weighted by molar-refractivity contribution is -0.123. The predicted octanol–water partition coefficient (Wildman–Crippen LogP) is 2.02. The van der Waals surface area contributed by atoms with Crippen LogP contribution in [0, 0.1) is 0 Å². The molecule has 3 rings (SSSR count). The third kappa shape index (κ3) is 4.47. The van der Waals surface area contributed by atoms with Crippen molar-refractivity contribution in [2.45, 2.75) is 24.9 Å². The topological polar surface area (TPSA) is 88.5 Å². The van der Waals surface area contributed by atoms with Crippen LogP contribution in [0.25, 0.3) is 11.0 Å². The van der Waals surface area contributed by atoms with Crippen molar-refractivity contribution >= 4 is 16.9 Å². The number of fused-ring (bicyclic) bond motifs is 1. The van der Waals surface area contributed by atoms with E-state index in [1.807, 2.05) is 60.7 Å². The van der Waals surface area contributed by atoms with Gasteiger partial charge >= 0.3 is 0 Å². The number of aliphatic hydroxyl groups is 1. The molecule has 2 aromatic carbocycles. The molecule has 130 valence electrons. The highest BCUT2D eigenvalue weighted by atomic mass is 16.3. The fourth-order valence-corrected chi connectivity index (χ4v) is 2.81. The number of furan rings is 1. The van der Waals surface area contributed by atoms with Crippen LogP contribution in [0.1, 0.15) is 11.3 Å². The Bertz CT molecular complexity index is 796. The van der Waals surface area contributed by atoms with E-state index in [0.29, 0.717) is 18.6 Å². The molecule has 0 saturated heterocycles. The van der Waals surface area contributed by atoms with Gasteiger partial charge < -0.3 is 20.6 Å². The summed E-state index contributed by atoms with van der Waals surface area (Å²) >= 11 is 0. The molecule has 0 aliphatic rings. The number of nitrogens with two attached hydrogens (primary N) is 1. The summed E-state index contributed by atoms with van der Waals surface area (Å²) in [5, 5.41) is 13.3. The van der Waals surface area contributed by atoms with Crippen LogP contribution in [0.15, 0.2) is 65.1 Å². The Morgan fingerprint density at radius 1 is 1.08 bits per heavy atom. The molecule has 0 spiro atoms. The van der Waals surface area contributed by atoms with Gasteiger partial charge in [0.2, 0.25) is 5.91 Å². The molecule has 4 N–H and O–H groups in total. The van der Waals surface area contributed by atoms with Gasteiger partial charge in [-0.1, -0.05) is 48.5 Å². The Kier molecular flexibility index (Phi) is 5.48. The van der Waals surface area contributed by atoms with Gasteiger partial charge in [-0.25, -0.2) is 0 Å². The van der Waals surface area contributed by atoms with Crippen LogP contribution < -0.4 is 11.1 Å². The van der Waals surface area contributed by atoms with Gasteiger partial charge in [0.15, 0.2) is 0 Å². The van der Waals surface area contributed by atoms with Gasteiger partial charge in [-0.05, 0) is 24.1 Å². The van der Waals surface area contributed by atoms with Crippen molar-refractivity contribution in [2.75, 3.05) is 6.61 Å². The Labute approximate surface area is 146 Å². The van der Waals surface area contributed by atoms with Gasteiger partial charge in [0.05, 0.1) is 18.7 Å². The summed E-state index contributed by atoms with van der Waals surface area (Å²) in [5.41, 5.74) is 7.84. The maximum Gasteiger partial charge on any atom is 0.237 e. The van der Waals surface area contributed by atoms with E-state index in [1.165, 1.54) is 0 Å². The number of nitrogens with one attached hydrogen (secondary N) is 1. The van der Waals surface area contributed by atoms with E-state index in [2.05, 4.69) is 5.32 Å². The highest BCUT2D eigenvalue weighted by Crippen LogP contribution is 2.19. The van der Waals surface area contributed by atoms with E-state index in [0.717, 1.165) is 16.5 Å². The molecule has 2 atom stereocenters. The Hall–Kier alpha value is -2.63. The lowest BCUT2D eigenvalue weighted by atomic mass is 10.1. The van der Waals surface area contributed by atoms with Crippen molar-refractivity contribution in [2.24, 2.45) is 5.73 Å². The number of hydrogen-bond acceptors (Lipinski definition) is 4. The third-order valence-corrected chi connectivity index (χ3v) is 4.13. The third-order valence-electron chi connectivity index (χ3n) is 4.13. The first-order chi connectivity index (χ1) is 12.2. The number of benzene rings is 2. The lowest BCUT2D eigenvalue weighted by Crippen LogP contribution is -2.48. The molecule has 0 fully saturated rings. The van der Waals surface area contributed by atoms with E-state index >= 15 is 0 Å². The minimum atomic E-state index is -0.731. The van der Waals surface area contributed by atoms with E-state index < -0.39 is 6.04 Å². The summed E-state index contributed by atoms with van der Waals surface area (Å²) in [6, 6.07) is 18.2. The summed E-state index contributed by atoms with van der Waals surface area (Å²) in [7, 11) is 0. The lowest BCUT2D eigenvalue weighted by Gasteiger charge is -2.19. The molecule has 1 unspecified atom stereocenters. The van der Waals surface area contributed by atoms with Crippen molar-refractivity contribution < 1.29 is 14.3 Å². The second kappa shape index (κ2) is 7.96. The van der Waals surface area contributed by atoms with Gasteiger partial charge in [0.25, 0.3) is 0 Å². The Morgan fingerprint density at radius 3 is 2.52 bits per heavy atom. The van der Waals surface area contributed by atoms with Crippen LogP contribution in [-0.2, 0) is 17.6 Å². The highest BCUT2D eigenvalue weighted by Gasteiger charge is 2.20. The number of hydrogen-bond donors (Lipinski definition) is 3. The summed E-state index contributed by atoms with van der Waals surface area (Å²) in [6.45, 7) is -0.141. The first kappa shape index (κ1) is 17.2. The standard InChI is InChI=1S/C20H22N2O3/c21-18(12-17-11-15-8-4-5-9-19(15)25-17)20(24)22-16(13-23)10-14-6-2-1-3-7-14/h1-9,11,16,18,23H,10,12-13,21H2,(H,22,24)/t16-,18?/m0/s1. The molecule has 25 heavy (non-hydrogen) atoms. The fourth-order valence-electron chi connectivity index (χ4n) is 2.81. The number of amides is 1. The fraction of sp³-hybridized carbons (Fsp3) is 0.250. The van der Waals surface area contributed by atoms with Crippen molar-refractivity contribution in [1.29, 1.82) is 0 Å². The molecule has 5 heteroatoms. The van der Waals surface area contributed by atoms with Crippen LogP contribution in [0.3, 0.4) is 0 Å². The quantitative estimate of drug-likeness (QED) is 0.615. The summed E-state index contributed by atoms with van der Waals surface area (Å²) in [4.78, 5) is 12.3. The van der Waals surface area contributed by atoms with Crippen molar-refractivity contribution in [3.8, 4) is 0 Å². The number of aliphatic hydroxyl groups excluding tert-OH is 1.